The zero-order valence-electron chi connectivity index (χ0n) is 10.8. The number of aliphatic hydroxyl groups excluding tert-OH is 4. The molecule has 0 amide bonds. The van der Waals surface area contributed by atoms with E-state index in [0.717, 1.165) is 0 Å². The smallest absolute Gasteiger partial charge is 0.167 e. The predicted molar refractivity (Wildman–Crippen MR) is 68.8 cm³/mol. The van der Waals surface area contributed by atoms with E-state index in [1.807, 2.05) is 0 Å². The van der Waals surface area contributed by atoms with Crippen molar-refractivity contribution in [1.29, 1.82) is 0 Å². The molecule has 0 saturated carbocycles. The summed E-state index contributed by atoms with van der Waals surface area (Å²) in [6, 6.07) is 0. The lowest BCUT2D eigenvalue weighted by molar-refractivity contribution is -0.0962. The monoisotopic (exact) mass is 297 g/mol. The van der Waals surface area contributed by atoms with Gasteiger partial charge >= 0.3 is 0 Å². The van der Waals surface area contributed by atoms with Gasteiger partial charge in [-0.05, 0) is 0 Å². The molecule has 114 valence electrons. The van der Waals surface area contributed by atoms with E-state index in [9.17, 15) is 15.3 Å². The molecule has 2 aromatic heterocycles. The lowest BCUT2D eigenvalue weighted by atomic mass is 10.1. The van der Waals surface area contributed by atoms with Crippen molar-refractivity contribution >= 4 is 17.0 Å². The van der Waals surface area contributed by atoms with Crippen LogP contribution in [0.15, 0.2) is 12.7 Å². The first-order chi connectivity index (χ1) is 10.0. The molecule has 3 heterocycles. The van der Waals surface area contributed by atoms with E-state index in [1.165, 1.54) is 17.2 Å². The van der Waals surface area contributed by atoms with Crippen LogP contribution in [0.1, 0.15) is 6.23 Å². The highest BCUT2D eigenvalue weighted by Crippen LogP contribution is 2.33. The molecule has 0 radical (unpaired) electrons. The number of rotatable bonds is 3. The van der Waals surface area contributed by atoms with Gasteiger partial charge in [0.05, 0.1) is 12.9 Å². The summed E-state index contributed by atoms with van der Waals surface area (Å²) in [5.41, 5.74) is 6.35. The fourth-order valence-corrected chi connectivity index (χ4v) is 2.39. The summed E-state index contributed by atoms with van der Waals surface area (Å²) in [7, 11) is 0. The normalized spacial score (nSPS) is 30.9. The molecule has 1 fully saturated rings. The molecule has 0 unspecified atom stereocenters. The van der Waals surface area contributed by atoms with E-state index in [-0.39, 0.29) is 5.82 Å². The molecule has 5 atom stereocenters. The van der Waals surface area contributed by atoms with Crippen molar-refractivity contribution in [2.45, 2.75) is 30.6 Å². The summed E-state index contributed by atoms with van der Waals surface area (Å²) < 4.78 is 6.84. The van der Waals surface area contributed by atoms with Crippen molar-refractivity contribution < 1.29 is 25.2 Å². The topological polar surface area (TPSA) is 160 Å². The van der Waals surface area contributed by atoms with Crippen molar-refractivity contribution in [1.82, 2.24) is 19.5 Å². The number of nitrogens with zero attached hydrogens (tertiary/aromatic N) is 4. The highest BCUT2D eigenvalue weighted by Gasteiger charge is 2.47. The van der Waals surface area contributed by atoms with Gasteiger partial charge in [0, 0.05) is 0 Å². The molecule has 0 aliphatic carbocycles. The molecule has 2 aromatic rings. The summed E-state index contributed by atoms with van der Waals surface area (Å²) in [4.78, 5) is 11.9. The second kappa shape index (κ2) is 5.16. The number of hydrogen-bond acceptors (Lipinski definition) is 9. The molecule has 1 aliphatic rings. The van der Waals surface area contributed by atoms with Gasteiger partial charge < -0.3 is 30.9 Å². The maximum absolute atomic E-state index is 10.1. The van der Waals surface area contributed by atoms with Crippen LogP contribution in [0.3, 0.4) is 0 Å². The fourth-order valence-electron chi connectivity index (χ4n) is 2.39. The maximum atomic E-state index is 10.1. The summed E-state index contributed by atoms with van der Waals surface area (Å²) in [5.74, 6) is 0.179. The predicted octanol–water partition coefficient (Wildman–Crippen LogP) is -2.62. The number of hydrogen-bond donors (Lipinski definition) is 5. The Bertz CT molecular complexity index is 649. The molecular formula is C11H15N5O5. The zero-order valence-corrected chi connectivity index (χ0v) is 10.8. The van der Waals surface area contributed by atoms with E-state index in [2.05, 4.69) is 15.0 Å². The lowest BCUT2D eigenvalue weighted by Crippen LogP contribution is -2.40. The Morgan fingerprint density at radius 2 is 2.05 bits per heavy atom. The molecule has 21 heavy (non-hydrogen) atoms. The maximum Gasteiger partial charge on any atom is 0.167 e. The number of nitrogens with two attached hydrogens (primary N) is 1. The zero-order chi connectivity index (χ0) is 15.1. The van der Waals surface area contributed by atoms with E-state index in [1.54, 1.807) is 0 Å². The first kappa shape index (κ1) is 14.1. The van der Waals surface area contributed by atoms with Gasteiger partial charge in [0.25, 0.3) is 0 Å². The molecule has 3 rings (SSSR count). The first-order valence-corrected chi connectivity index (χ1v) is 6.28. The Morgan fingerprint density at radius 3 is 2.76 bits per heavy atom. The minimum absolute atomic E-state index is 0.179. The number of aliphatic hydroxyl groups is 4. The number of fused-ring (bicyclic) bond motifs is 1. The molecule has 1 saturated heterocycles. The highest BCUT2D eigenvalue weighted by atomic mass is 16.6. The largest absolute Gasteiger partial charge is 0.394 e. The molecule has 0 spiro atoms. The SMILES string of the molecule is Nc1ncnc2c1ncn2[C@@H]1O[C@H]([C@H](O)CO)[C@@H](O)[C@H]1O. The highest BCUT2D eigenvalue weighted by molar-refractivity contribution is 5.81. The van der Waals surface area contributed by atoms with Crippen LogP contribution in [-0.4, -0.2) is 71.0 Å². The third kappa shape index (κ3) is 2.13. The van der Waals surface area contributed by atoms with E-state index >= 15 is 0 Å². The van der Waals surface area contributed by atoms with E-state index in [0.29, 0.717) is 11.2 Å². The van der Waals surface area contributed by atoms with Gasteiger partial charge in [-0.1, -0.05) is 0 Å². The molecular weight excluding hydrogens is 282 g/mol. The van der Waals surface area contributed by atoms with Gasteiger partial charge in [-0.15, -0.1) is 0 Å². The van der Waals surface area contributed by atoms with Crippen LogP contribution in [0.25, 0.3) is 11.2 Å². The quantitative estimate of drug-likeness (QED) is 0.408. The Hall–Kier alpha value is -1.85. The molecule has 6 N–H and O–H groups in total. The van der Waals surface area contributed by atoms with Crippen LogP contribution in [0.5, 0.6) is 0 Å². The van der Waals surface area contributed by atoms with Crippen LogP contribution < -0.4 is 5.73 Å². The van der Waals surface area contributed by atoms with Crippen LogP contribution >= 0.6 is 0 Å². The summed E-state index contributed by atoms with van der Waals surface area (Å²) in [5, 5.41) is 38.5. The number of anilines is 1. The van der Waals surface area contributed by atoms with Gasteiger partial charge in [-0.2, -0.15) is 0 Å². The fraction of sp³-hybridized carbons (Fsp3) is 0.545. The van der Waals surface area contributed by atoms with E-state index < -0.39 is 37.3 Å². The standard InChI is InChI=1S/C11H15N5O5/c12-9-5-10(14-2-13-9)16(3-15-5)11-7(20)6(19)8(21-11)4(18)1-17/h2-4,6-8,11,17-20H,1H2,(H2,12,13,14)/t4-,6+,7-,8-,11-/m1/s1. The number of nitrogen functional groups attached to an aromatic ring is 1. The van der Waals surface area contributed by atoms with Gasteiger partial charge in [0.2, 0.25) is 0 Å². The average molecular weight is 297 g/mol. The number of ether oxygens (including phenoxy) is 1. The molecule has 0 aromatic carbocycles. The van der Waals surface area contributed by atoms with Gasteiger partial charge in [0.1, 0.15) is 36.3 Å². The summed E-state index contributed by atoms with van der Waals surface area (Å²) in [6.45, 7) is -0.596. The van der Waals surface area contributed by atoms with Crippen molar-refractivity contribution in [3.8, 4) is 0 Å². The van der Waals surface area contributed by atoms with Gasteiger partial charge in [-0.3, -0.25) is 4.57 Å². The Labute approximate surface area is 118 Å². The third-order valence-electron chi connectivity index (χ3n) is 3.50. The van der Waals surface area contributed by atoms with E-state index in [4.69, 9.17) is 15.6 Å². The van der Waals surface area contributed by atoms with Crippen LogP contribution in [0, 0.1) is 0 Å². The van der Waals surface area contributed by atoms with Crippen LogP contribution in [-0.2, 0) is 4.74 Å². The second-order valence-electron chi connectivity index (χ2n) is 4.81. The summed E-state index contributed by atoms with van der Waals surface area (Å²) in [6.07, 6.45) is -3.51. The van der Waals surface area contributed by atoms with Crippen molar-refractivity contribution in [2.24, 2.45) is 0 Å². The summed E-state index contributed by atoms with van der Waals surface area (Å²) >= 11 is 0. The van der Waals surface area contributed by atoms with Gasteiger partial charge in [-0.25, -0.2) is 15.0 Å². The van der Waals surface area contributed by atoms with Crippen molar-refractivity contribution in [3.63, 3.8) is 0 Å². The molecule has 0 bridgehead atoms. The minimum atomic E-state index is -1.35. The third-order valence-corrected chi connectivity index (χ3v) is 3.50. The Morgan fingerprint density at radius 1 is 1.29 bits per heavy atom. The lowest BCUT2D eigenvalue weighted by Gasteiger charge is -2.18. The number of imidazole rings is 1. The first-order valence-electron chi connectivity index (χ1n) is 6.28. The Kier molecular flexibility index (Phi) is 3.47. The molecule has 10 heteroatoms. The Balaban J connectivity index is 1.98. The van der Waals surface area contributed by atoms with Crippen LogP contribution in [0.2, 0.25) is 0 Å². The second-order valence-corrected chi connectivity index (χ2v) is 4.81. The minimum Gasteiger partial charge on any atom is -0.394 e. The number of aromatic nitrogens is 4. The van der Waals surface area contributed by atoms with Gasteiger partial charge in [0.15, 0.2) is 17.7 Å². The average Bonchev–Trinajstić information content (AvgIpc) is 3.02. The molecule has 1 aliphatic heterocycles. The molecule has 10 nitrogen and oxygen atoms in total. The van der Waals surface area contributed by atoms with Crippen LogP contribution in [0.4, 0.5) is 5.82 Å². The van der Waals surface area contributed by atoms with Crippen molar-refractivity contribution in [2.75, 3.05) is 12.3 Å². The van der Waals surface area contributed by atoms with Crippen molar-refractivity contribution in [3.05, 3.63) is 12.7 Å².